The van der Waals surface area contributed by atoms with Gasteiger partial charge in [0.05, 0.1) is 11.7 Å². The van der Waals surface area contributed by atoms with Crippen molar-refractivity contribution in [2.75, 3.05) is 0 Å². The molecule has 0 unspecified atom stereocenters. The van der Waals surface area contributed by atoms with Crippen molar-refractivity contribution in [1.29, 1.82) is 0 Å². The summed E-state index contributed by atoms with van der Waals surface area (Å²) in [7, 11) is 0. The van der Waals surface area contributed by atoms with Gasteiger partial charge >= 0.3 is 0 Å². The molecule has 0 atom stereocenters. The lowest BCUT2D eigenvalue weighted by Gasteiger charge is -2.04. The maximum atomic E-state index is 4.57. The molecular weight excluding hydrogens is 282 g/mol. The van der Waals surface area contributed by atoms with Crippen LogP contribution in [0.25, 0.3) is 28.9 Å². The van der Waals surface area contributed by atoms with E-state index < -0.39 is 0 Å². The fraction of sp³-hybridized carbons (Fsp3) is 0. The van der Waals surface area contributed by atoms with E-state index in [4.69, 9.17) is 0 Å². The molecule has 0 saturated carbocycles. The second kappa shape index (κ2) is 5.89. The van der Waals surface area contributed by atoms with Gasteiger partial charge in [0.25, 0.3) is 0 Å². The predicted molar refractivity (Wildman–Crippen MR) is 94.2 cm³/mol. The third-order valence-corrected chi connectivity index (χ3v) is 3.78. The van der Waals surface area contributed by atoms with E-state index in [9.17, 15) is 0 Å². The fourth-order valence-electron chi connectivity index (χ4n) is 2.57. The first-order valence-corrected chi connectivity index (χ1v) is 7.51. The molecule has 23 heavy (non-hydrogen) atoms. The van der Waals surface area contributed by atoms with Crippen LogP contribution in [0, 0.1) is 0 Å². The molecule has 4 rings (SSSR count). The Hall–Kier alpha value is -3.20. The quantitative estimate of drug-likeness (QED) is 0.553. The Kier molecular flexibility index (Phi) is 3.45. The van der Waals surface area contributed by atoms with Crippen molar-refractivity contribution in [3.63, 3.8) is 0 Å². The predicted octanol–water partition coefficient (Wildman–Crippen LogP) is 4.59. The molecule has 0 aliphatic carbocycles. The highest BCUT2D eigenvalue weighted by molar-refractivity contribution is 5.80. The van der Waals surface area contributed by atoms with Crippen molar-refractivity contribution in [2.45, 2.75) is 0 Å². The number of rotatable bonds is 3. The summed E-state index contributed by atoms with van der Waals surface area (Å²) in [6.07, 6.45) is 11.7. The molecule has 110 valence electrons. The Morgan fingerprint density at radius 2 is 1.65 bits per heavy atom. The number of fused-ring (bicyclic) bond motifs is 1. The van der Waals surface area contributed by atoms with Crippen molar-refractivity contribution in [2.24, 2.45) is 0 Å². The van der Waals surface area contributed by atoms with Gasteiger partial charge in [-0.05, 0) is 35.4 Å². The van der Waals surface area contributed by atoms with Crippen molar-refractivity contribution in [1.82, 2.24) is 14.5 Å². The summed E-state index contributed by atoms with van der Waals surface area (Å²) in [5.74, 6) is 0.893. The van der Waals surface area contributed by atoms with Crippen LogP contribution in [0.15, 0.2) is 79.4 Å². The van der Waals surface area contributed by atoms with Gasteiger partial charge in [-0.2, -0.15) is 0 Å². The van der Waals surface area contributed by atoms with Gasteiger partial charge in [0.2, 0.25) is 0 Å². The lowest BCUT2D eigenvalue weighted by molar-refractivity contribution is 1.04. The number of pyridine rings is 2. The standard InChI is InChI=1S/C20H15N3/c1-2-4-16(5-3-1)6-7-17-8-9-20(22-14-17)23-13-11-18-10-12-21-15-19(18)23/h1-15H/b7-6+. The number of hydrogen-bond donors (Lipinski definition) is 0. The molecule has 0 amide bonds. The van der Waals surface area contributed by atoms with Gasteiger partial charge in [-0.25, -0.2) is 4.98 Å². The van der Waals surface area contributed by atoms with E-state index in [2.05, 4.69) is 46.4 Å². The van der Waals surface area contributed by atoms with Crippen LogP contribution in [0.1, 0.15) is 11.1 Å². The van der Waals surface area contributed by atoms with Crippen LogP contribution in [-0.4, -0.2) is 14.5 Å². The van der Waals surface area contributed by atoms with Gasteiger partial charge in [-0.3, -0.25) is 9.55 Å². The highest BCUT2D eigenvalue weighted by Crippen LogP contribution is 2.18. The molecule has 0 fully saturated rings. The number of hydrogen-bond acceptors (Lipinski definition) is 2. The molecule has 0 aliphatic heterocycles. The minimum atomic E-state index is 0.893. The van der Waals surface area contributed by atoms with E-state index in [-0.39, 0.29) is 0 Å². The van der Waals surface area contributed by atoms with E-state index in [1.54, 1.807) is 6.20 Å². The van der Waals surface area contributed by atoms with Crippen molar-refractivity contribution < 1.29 is 0 Å². The Balaban J connectivity index is 1.62. The smallest absolute Gasteiger partial charge is 0.137 e. The van der Waals surface area contributed by atoms with Crippen LogP contribution >= 0.6 is 0 Å². The average molecular weight is 297 g/mol. The zero-order chi connectivity index (χ0) is 15.5. The molecule has 3 heteroatoms. The minimum Gasteiger partial charge on any atom is -0.300 e. The summed E-state index contributed by atoms with van der Waals surface area (Å²) in [6.45, 7) is 0. The molecular formula is C20H15N3. The Labute approximate surface area is 134 Å². The summed E-state index contributed by atoms with van der Waals surface area (Å²) < 4.78 is 2.05. The Bertz CT molecular complexity index is 951. The first-order valence-electron chi connectivity index (χ1n) is 7.51. The highest BCUT2D eigenvalue weighted by atomic mass is 15.0. The Morgan fingerprint density at radius 1 is 0.783 bits per heavy atom. The minimum absolute atomic E-state index is 0.893. The molecule has 0 spiro atoms. The van der Waals surface area contributed by atoms with Gasteiger partial charge in [0, 0.05) is 24.0 Å². The molecule has 1 aromatic carbocycles. The second-order valence-corrected chi connectivity index (χ2v) is 5.31. The van der Waals surface area contributed by atoms with Crippen molar-refractivity contribution in [3.05, 3.63) is 90.5 Å². The summed E-state index contributed by atoms with van der Waals surface area (Å²) in [5.41, 5.74) is 3.32. The van der Waals surface area contributed by atoms with Gasteiger partial charge in [-0.15, -0.1) is 0 Å². The average Bonchev–Trinajstić information content (AvgIpc) is 3.05. The lowest BCUT2D eigenvalue weighted by Crippen LogP contribution is -1.95. The molecule has 0 aliphatic rings. The first kappa shape index (κ1) is 13.5. The van der Waals surface area contributed by atoms with E-state index in [0.29, 0.717) is 0 Å². The topological polar surface area (TPSA) is 30.7 Å². The molecule has 3 aromatic heterocycles. The molecule has 0 N–H and O–H groups in total. The van der Waals surface area contributed by atoms with Crippen molar-refractivity contribution >= 4 is 23.1 Å². The largest absolute Gasteiger partial charge is 0.300 e. The maximum absolute atomic E-state index is 4.57. The number of benzene rings is 1. The highest BCUT2D eigenvalue weighted by Gasteiger charge is 2.03. The molecule has 0 saturated heterocycles. The Morgan fingerprint density at radius 3 is 2.48 bits per heavy atom. The van der Waals surface area contributed by atoms with Gasteiger partial charge in [0.1, 0.15) is 5.82 Å². The van der Waals surface area contributed by atoms with E-state index in [1.165, 1.54) is 5.56 Å². The summed E-state index contributed by atoms with van der Waals surface area (Å²) in [5, 5.41) is 1.16. The normalized spacial score (nSPS) is 11.3. The van der Waals surface area contributed by atoms with Gasteiger partial charge in [-0.1, -0.05) is 42.5 Å². The van der Waals surface area contributed by atoms with Crippen LogP contribution in [0.5, 0.6) is 0 Å². The molecule has 3 nitrogen and oxygen atoms in total. The monoisotopic (exact) mass is 297 g/mol. The van der Waals surface area contributed by atoms with Gasteiger partial charge < -0.3 is 0 Å². The van der Waals surface area contributed by atoms with Crippen LogP contribution in [0.2, 0.25) is 0 Å². The molecule has 0 radical (unpaired) electrons. The van der Waals surface area contributed by atoms with E-state index in [1.807, 2.05) is 53.5 Å². The van der Waals surface area contributed by atoms with Crippen molar-refractivity contribution in [3.8, 4) is 5.82 Å². The summed E-state index contributed by atoms with van der Waals surface area (Å²) in [4.78, 5) is 8.76. The summed E-state index contributed by atoms with van der Waals surface area (Å²) >= 11 is 0. The SMILES string of the molecule is C(=C\c1ccc(-n2ccc3ccncc32)nc1)/c1ccccc1. The maximum Gasteiger partial charge on any atom is 0.137 e. The zero-order valence-corrected chi connectivity index (χ0v) is 12.5. The molecule has 3 heterocycles. The first-order chi connectivity index (χ1) is 11.4. The van der Waals surface area contributed by atoms with E-state index >= 15 is 0 Å². The lowest BCUT2D eigenvalue weighted by atomic mass is 10.2. The van der Waals surface area contributed by atoms with Crippen LogP contribution in [-0.2, 0) is 0 Å². The fourth-order valence-corrected chi connectivity index (χ4v) is 2.57. The third-order valence-electron chi connectivity index (χ3n) is 3.78. The molecule has 4 aromatic rings. The van der Waals surface area contributed by atoms with E-state index in [0.717, 1.165) is 22.3 Å². The zero-order valence-electron chi connectivity index (χ0n) is 12.5. The summed E-state index contributed by atoms with van der Waals surface area (Å²) in [6, 6.07) is 18.4. The number of aromatic nitrogens is 3. The number of nitrogens with zero attached hydrogens (tertiary/aromatic N) is 3. The second-order valence-electron chi connectivity index (χ2n) is 5.31. The van der Waals surface area contributed by atoms with Gasteiger partial charge in [0.15, 0.2) is 0 Å². The van der Waals surface area contributed by atoms with Crippen LogP contribution < -0.4 is 0 Å². The molecule has 0 bridgehead atoms. The third kappa shape index (κ3) is 2.77. The van der Waals surface area contributed by atoms with Crippen LogP contribution in [0.4, 0.5) is 0 Å². The van der Waals surface area contributed by atoms with Crippen LogP contribution in [0.3, 0.4) is 0 Å².